The molecule has 2 aromatic carbocycles. The van der Waals surface area contributed by atoms with Crippen molar-refractivity contribution in [2.24, 2.45) is 0 Å². The van der Waals surface area contributed by atoms with E-state index < -0.39 is 0 Å². The Bertz CT molecular complexity index is 581. The second-order valence-electron chi connectivity index (χ2n) is 5.09. The van der Waals surface area contributed by atoms with E-state index in [0.29, 0.717) is 6.54 Å². The molecule has 1 N–H and O–H groups in total. The Labute approximate surface area is 132 Å². The van der Waals surface area contributed by atoms with Crippen LogP contribution in [0.5, 0.6) is 5.75 Å². The average Bonchev–Trinajstić information content (AvgIpc) is 2.56. The van der Waals surface area contributed by atoms with Crippen molar-refractivity contribution in [2.75, 3.05) is 26.8 Å². The largest absolute Gasteiger partial charge is 0.496 e. The minimum atomic E-state index is 0.162. The van der Waals surface area contributed by atoms with Crippen molar-refractivity contribution in [1.29, 1.82) is 0 Å². The van der Waals surface area contributed by atoms with Crippen LogP contribution in [-0.4, -0.2) is 36.8 Å². The minimum Gasteiger partial charge on any atom is -0.496 e. The molecule has 3 nitrogen and oxygen atoms in total. The maximum Gasteiger partial charge on any atom is 0.126 e. The van der Waals surface area contributed by atoms with Gasteiger partial charge in [0.2, 0.25) is 0 Å². The first-order valence-electron chi connectivity index (χ1n) is 7.50. The third-order valence-corrected chi connectivity index (χ3v) is 3.47. The van der Waals surface area contributed by atoms with Crippen LogP contribution in [0.1, 0.15) is 11.1 Å². The number of benzene rings is 2. The number of ether oxygens (including phenoxy) is 1. The summed E-state index contributed by atoms with van der Waals surface area (Å²) in [7, 11) is 1.68. The summed E-state index contributed by atoms with van der Waals surface area (Å²) in [5.74, 6) is 0.871. The van der Waals surface area contributed by atoms with Gasteiger partial charge in [0.1, 0.15) is 5.75 Å². The molecule has 0 amide bonds. The smallest absolute Gasteiger partial charge is 0.126 e. The molecule has 2 rings (SSSR count). The molecule has 0 saturated carbocycles. The zero-order chi connectivity index (χ0) is 15.6. The van der Waals surface area contributed by atoms with E-state index in [1.54, 1.807) is 7.11 Å². The van der Waals surface area contributed by atoms with E-state index in [4.69, 9.17) is 4.74 Å². The van der Waals surface area contributed by atoms with Crippen LogP contribution < -0.4 is 4.74 Å². The maximum absolute atomic E-state index is 9.23. The molecule has 0 aliphatic carbocycles. The number of methoxy groups -OCH3 is 1. The van der Waals surface area contributed by atoms with Crippen molar-refractivity contribution in [2.45, 2.75) is 6.54 Å². The van der Waals surface area contributed by atoms with Crippen LogP contribution in [0, 0.1) is 0 Å². The van der Waals surface area contributed by atoms with E-state index in [-0.39, 0.29) is 6.61 Å². The topological polar surface area (TPSA) is 32.7 Å². The Hall–Kier alpha value is -2.10. The zero-order valence-corrected chi connectivity index (χ0v) is 13.0. The molecule has 0 saturated heterocycles. The number of rotatable bonds is 8. The predicted molar refractivity (Wildman–Crippen MR) is 90.8 cm³/mol. The van der Waals surface area contributed by atoms with Gasteiger partial charge >= 0.3 is 0 Å². The molecule has 0 fully saturated rings. The van der Waals surface area contributed by atoms with Gasteiger partial charge in [-0.25, -0.2) is 0 Å². The normalized spacial score (nSPS) is 11.2. The van der Waals surface area contributed by atoms with Crippen molar-refractivity contribution in [3.05, 3.63) is 71.8 Å². The van der Waals surface area contributed by atoms with E-state index in [0.717, 1.165) is 24.4 Å². The lowest BCUT2D eigenvalue weighted by atomic mass is 10.2. The predicted octanol–water partition coefficient (Wildman–Crippen LogP) is 3.20. The fraction of sp³-hybridized carbons (Fsp3) is 0.263. The highest BCUT2D eigenvalue weighted by molar-refractivity contribution is 5.57. The van der Waals surface area contributed by atoms with Gasteiger partial charge in [-0.3, -0.25) is 4.90 Å². The molecule has 0 aliphatic heterocycles. The summed E-state index contributed by atoms with van der Waals surface area (Å²) in [6.45, 7) is 2.44. The monoisotopic (exact) mass is 297 g/mol. The SMILES string of the molecule is COc1ccccc1C=CCN(CCO)Cc1ccccc1. The molecule has 0 bridgehead atoms. The first kappa shape index (κ1) is 16.3. The van der Waals surface area contributed by atoms with Gasteiger partial charge < -0.3 is 9.84 Å². The van der Waals surface area contributed by atoms with Gasteiger partial charge in [0, 0.05) is 25.2 Å². The van der Waals surface area contributed by atoms with Gasteiger partial charge in [-0.2, -0.15) is 0 Å². The van der Waals surface area contributed by atoms with Gasteiger partial charge in [0.05, 0.1) is 13.7 Å². The van der Waals surface area contributed by atoms with Gasteiger partial charge in [-0.05, 0) is 11.6 Å². The first-order chi connectivity index (χ1) is 10.8. The third-order valence-electron chi connectivity index (χ3n) is 3.47. The molecule has 0 unspecified atom stereocenters. The number of aliphatic hydroxyl groups is 1. The van der Waals surface area contributed by atoms with E-state index in [1.807, 2.05) is 42.5 Å². The summed E-state index contributed by atoms with van der Waals surface area (Å²) < 4.78 is 5.34. The molecule has 0 aliphatic rings. The molecule has 0 atom stereocenters. The van der Waals surface area contributed by atoms with E-state index in [1.165, 1.54) is 5.56 Å². The molecular weight excluding hydrogens is 274 g/mol. The number of hydrogen-bond donors (Lipinski definition) is 1. The van der Waals surface area contributed by atoms with E-state index in [2.05, 4.69) is 29.2 Å². The summed E-state index contributed by atoms with van der Waals surface area (Å²) in [4.78, 5) is 2.21. The molecule has 116 valence electrons. The van der Waals surface area contributed by atoms with E-state index in [9.17, 15) is 5.11 Å². The Kier molecular flexibility index (Phi) is 6.68. The Morgan fingerprint density at radius 1 is 1.05 bits per heavy atom. The fourth-order valence-corrected chi connectivity index (χ4v) is 2.35. The lowest BCUT2D eigenvalue weighted by Crippen LogP contribution is -2.26. The van der Waals surface area contributed by atoms with Crippen LogP contribution in [0.4, 0.5) is 0 Å². The summed E-state index contributed by atoms with van der Waals surface area (Å²) in [6, 6.07) is 18.2. The van der Waals surface area contributed by atoms with Gasteiger partial charge in [0.25, 0.3) is 0 Å². The van der Waals surface area contributed by atoms with Gasteiger partial charge in [-0.15, -0.1) is 0 Å². The number of aliphatic hydroxyl groups excluding tert-OH is 1. The average molecular weight is 297 g/mol. The molecule has 0 spiro atoms. The van der Waals surface area contributed by atoms with Crippen LogP contribution in [-0.2, 0) is 6.54 Å². The number of nitrogens with zero attached hydrogens (tertiary/aromatic N) is 1. The van der Waals surface area contributed by atoms with Crippen LogP contribution >= 0.6 is 0 Å². The van der Waals surface area contributed by atoms with Crippen LogP contribution in [0.3, 0.4) is 0 Å². The first-order valence-corrected chi connectivity index (χ1v) is 7.50. The van der Waals surface area contributed by atoms with Crippen molar-refractivity contribution >= 4 is 6.08 Å². The summed E-state index contributed by atoms with van der Waals surface area (Å²) in [5.41, 5.74) is 2.32. The molecule has 0 heterocycles. The standard InChI is InChI=1S/C19H23NO2/c1-22-19-12-6-5-10-18(19)11-7-13-20(14-15-21)16-17-8-3-2-4-9-17/h2-12,21H,13-16H2,1H3. The summed E-state index contributed by atoms with van der Waals surface area (Å²) >= 11 is 0. The molecule has 0 radical (unpaired) electrons. The molecule has 0 aromatic heterocycles. The third kappa shape index (κ3) is 5.02. The zero-order valence-electron chi connectivity index (χ0n) is 13.0. The summed E-state index contributed by atoms with van der Waals surface area (Å²) in [5, 5.41) is 9.23. The highest BCUT2D eigenvalue weighted by atomic mass is 16.5. The number of hydrogen-bond acceptors (Lipinski definition) is 3. The fourth-order valence-electron chi connectivity index (χ4n) is 2.35. The molecule has 3 heteroatoms. The van der Waals surface area contributed by atoms with Crippen LogP contribution in [0.25, 0.3) is 6.08 Å². The maximum atomic E-state index is 9.23. The lowest BCUT2D eigenvalue weighted by Gasteiger charge is -2.19. The molecule has 22 heavy (non-hydrogen) atoms. The highest BCUT2D eigenvalue weighted by Gasteiger charge is 2.03. The highest BCUT2D eigenvalue weighted by Crippen LogP contribution is 2.18. The van der Waals surface area contributed by atoms with Crippen molar-refractivity contribution in [3.8, 4) is 5.75 Å². The summed E-state index contributed by atoms with van der Waals surface area (Å²) in [6.07, 6.45) is 4.17. The lowest BCUT2D eigenvalue weighted by molar-refractivity contribution is 0.203. The second kappa shape index (κ2) is 9.03. The minimum absolute atomic E-state index is 0.162. The van der Waals surface area contributed by atoms with Crippen molar-refractivity contribution < 1.29 is 9.84 Å². The van der Waals surface area contributed by atoms with E-state index >= 15 is 0 Å². The van der Waals surface area contributed by atoms with Gasteiger partial charge in [0.15, 0.2) is 0 Å². The Morgan fingerprint density at radius 2 is 1.77 bits per heavy atom. The molecule has 2 aromatic rings. The Morgan fingerprint density at radius 3 is 2.50 bits per heavy atom. The number of para-hydroxylation sites is 1. The quantitative estimate of drug-likeness (QED) is 0.812. The second-order valence-corrected chi connectivity index (χ2v) is 5.09. The Balaban J connectivity index is 1.97. The molecular formula is C19H23NO2. The van der Waals surface area contributed by atoms with Crippen LogP contribution in [0.2, 0.25) is 0 Å². The van der Waals surface area contributed by atoms with Crippen LogP contribution in [0.15, 0.2) is 60.7 Å². The van der Waals surface area contributed by atoms with Crippen molar-refractivity contribution in [1.82, 2.24) is 4.90 Å². The van der Waals surface area contributed by atoms with Gasteiger partial charge in [-0.1, -0.05) is 60.7 Å². The van der Waals surface area contributed by atoms with Crippen molar-refractivity contribution in [3.63, 3.8) is 0 Å².